The van der Waals surface area contributed by atoms with Crippen LogP contribution < -0.4 is 14.2 Å². The molecule has 300 valence electrons. The lowest BCUT2D eigenvalue weighted by Gasteiger charge is -2.27. The third-order valence-electron chi connectivity index (χ3n) is 14.4. The molecule has 3 heteroatoms. The first kappa shape index (κ1) is 36.1. The number of hydrogen-bond donors (Lipinski definition) is 0. The van der Waals surface area contributed by atoms with Gasteiger partial charge in [-0.1, -0.05) is 182 Å². The second kappa shape index (κ2) is 13.7. The van der Waals surface area contributed by atoms with Crippen LogP contribution in [0, 0.1) is 0 Å². The average Bonchev–Trinajstić information content (AvgIpc) is 3.98. The second-order valence-corrected chi connectivity index (χ2v) is 17.2. The summed E-state index contributed by atoms with van der Waals surface area (Å²) in [6.45, 7) is 0. The van der Waals surface area contributed by atoms with Gasteiger partial charge >= 0.3 is 0 Å². The summed E-state index contributed by atoms with van der Waals surface area (Å²) in [6.07, 6.45) is 0. The SMILES string of the molecule is COc1c([C@@H]2c3ccccc3-c3c2c2c(c4c3[C@H](c3ccc5ccccc5c3OC)c3ccccc3-4)[C@H](c3ccc4ccccc4c3OC)c3ccccc3-2)ccc2ccccc12. The van der Waals surface area contributed by atoms with E-state index in [2.05, 4.69) is 182 Å². The zero-order valence-corrected chi connectivity index (χ0v) is 35.3. The Hall–Kier alpha value is -7.62. The van der Waals surface area contributed by atoms with E-state index in [4.69, 9.17) is 14.2 Å². The van der Waals surface area contributed by atoms with Crippen molar-refractivity contribution in [3.05, 3.63) is 232 Å². The zero-order valence-electron chi connectivity index (χ0n) is 35.3. The van der Waals surface area contributed by atoms with Gasteiger partial charge in [0.1, 0.15) is 17.2 Å². The van der Waals surface area contributed by atoms with Crippen LogP contribution in [0.5, 0.6) is 17.2 Å². The van der Waals surface area contributed by atoms with Crippen molar-refractivity contribution in [1.29, 1.82) is 0 Å². The molecule has 0 radical (unpaired) electrons. The molecule has 3 nitrogen and oxygen atoms in total. The lowest BCUT2D eigenvalue weighted by molar-refractivity contribution is 0.414. The van der Waals surface area contributed by atoms with Crippen molar-refractivity contribution in [2.75, 3.05) is 21.3 Å². The maximum absolute atomic E-state index is 6.52. The number of rotatable bonds is 6. The second-order valence-electron chi connectivity index (χ2n) is 17.2. The molecule has 10 aromatic rings. The average molecular weight is 811 g/mol. The summed E-state index contributed by atoms with van der Waals surface area (Å²) < 4.78 is 19.6. The molecule has 3 aliphatic carbocycles. The van der Waals surface area contributed by atoms with Crippen molar-refractivity contribution < 1.29 is 14.2 Å². The van der Waals surface area contributed by atoms with Crippen LogP contribution in [-0.4, -0.2) is 21.3 Å². The van der Waals surface area contributed by atoms with Gasteiger partial charge in [0.05, 0.1) is 21.3 Å². The van der Waals surface area contributed by atoms with Crippen molar-refractivity contribution in [2.24, 2.45) is 0 Å². The molecule has 10 aromatic carbocycles. The monoisotopic (exact) mass is 810 g/mol. The van der Waals surface area contributed by atoms with Gasteiger partial charge in [0.25, 0.3) is 0 Å². The van der Waals surface area contributed by atoms with Gasteiger partial charge in [-0.2, -0.15) is 0 Å². The van der Waals surface area contributed by atoms with Gasteiger partial charge in [-0.15, -0.1) is 0 Å². The van der Waals surface area contributed by atoms with Gasteiger partial charge in [-0.05, 0) is 82.9 Å². The molecule has 0 bridgehead atoms. The van der Waals surface area contributed by atoms with Crippen LogP contribution in [0.25, 0.3) is 65.7 Å². The number of methoxy groups -OCH3 is 3. The molecule has 3 aliphatic rings. The standard InChI is InChI=1S/C60H42O3/c1-61-58-37-19-7-4-16-34(37)28-31-46(58)49-40-22-10-13-25-43(40)52-55(49)53-44-26-14-11-23-41(44)50(47-32-29-35-17-5-8-20-38(35)59(47)62-2)57(53)54-45-27-15-12-24-42(45)51(56(52)54)48-33-30-36-18-6-9-21-39(36)60(48)63-3/h4-33,49-51H,1-3H3/t49-,50-,51-/m0/s1. The molecular weight excluding hydrogens is 769 g/mol. The minimum atomic E-state index is -0.108. The Morgan fingerprint density at radius 3 is 0.841 bits per heavy atom. The van der Waals surface area contributed by atoms with Crippen LogP contribution in [0.1, 0.15) is 67.8 Å². The van der Waals surface area contributed by atoms with Crippen LogP contribution >= 0.6 is 0 Å². The molecule has 63 heavy (non-hydrogen) atoms. The molecular formula is C60H42O3. The first-order chi connectivity index (χ1) is 31.2. The summed E-state index contributed by atoms with van der Waals surface area (Å²) in [4.78, 5) is 0. The summed E-state index contributed by atoms with van der Waals surface area (Å²) in [5.41, 5.74) is 19.2. The minimum absolute atomic E-state index is 0.108. The van der Waals surface area contributed by atoms with E-state index in [9.17, 15) is 0 Å². The molecule has 0 fully saturated rings. The Morgan fingerprint density at radius 2 is 0.540 bits per heavy atom. The summed E-state index contributed by atoms with van der Waals surface area (Å²) in [7, 11) is 5.49. The smallest absolute Gasteiger partial charge is 0.130 e. The van der Waals surface area contributed by atoms with E-state index < -0.39 is 0 Å². The zero-order chi connectivity index (χ0) is 41.9. The maximum atomic E-state index is 6.52. The van der Waals surface area contributed by atoms with Crippen LogP contribution in [0.2, 0.25) is 0 Å². The molecule has 0 aliphatic heterocycles. The van der Waals surface area contributed by atoms with Gasteiger partial charge in [-0.3, -0.25) is 0 Å². The summed E-state index contributed by atoms with van der Waals surface area (Å²) >= 11 is 0. The molecule has 3 atom stereocenters. The van der Waals surface area contributed by atoms with Gasteiger partial charge in [0.15, 0.2) is 0 Å². The summed E-state index contributed by atoms with van der Waals surface area (Å²) in [6, 6.07) is 67.0. The Kier molecular flexibility index (Phi) is 7.84. The predicted octanol–water partition coefficient (Wildman–Crippen LogP) is 14.7. The summed E-state index contributed by atoms with van der Waals surface area (Å²) in [5.74, 6) is 2.44. The molecule has 13 rings (SSSR count). The van der Waals surface area contributed by atoms with Crippen molar-refractivity contribution in [2.45, 2.75) is 17.8 Å². The first-order valence-corrected chi connectivity index (χ1v) is 21.9. The lowest BCUT2D eigenvalue weighted by Crippen LogP contribution is -2.09. The van der Waals surface area contributed by atoms with Crippen molar-refractivity contribution in [1.82, 2.24) is 0 Å². The fraction of sp³-hybridized carbons (Fsp3) is 0.100. The van der Waals surface area contributed by atoms with Crippen LogP contribution in [0.4, 0.5) is 0 Å². The van der Waals surface area contributed by atoms with Gasteiger partial charge in [0, 0.05) is 50.6 Å². The molecule has 0 saturated heterocycles. The van der Waals surface area contributed by atoms with Gasteiger partial charge < -0.3 is 14.2 Å². The third kappa shape index (κ3) is 4.85. The Morgan fingerprint density at radius 1 is 0.270 bits per heavy atom. The highest BCUT2D eigenvalue weighted by molar-refractivity contribution is 6.06. The predicted molar refractivity (Wildman–Crippen MR) is 257 cm³/mol. The van der Waals surface area contributed by atoms with E-state index in [1.807, 2.05) is 21.3 Å². The molecule has 0 aromatic heterocycles. The van der Waals surface area contributed by atoms with Crippen molar-refractivity contribution in [3.8, 4) is 50.6 Å². The lowest BCUT2D eigenvalue weighted by atomic mass is 9.76. The van der Waals surface area contributed by atoms with Crippen molar-refractivity contribution in [3.63, 3.8) is 0 Å². The van der Waals surface area contributed by atoms with E-state index in [0.29, 0.717) is 0 Å². The van der Waals surface area contributed by atoms with E-state index in [1.165, 1.54) is 83.5 Å². The Labute approximate surface area is 366 Å². The van der Waals surface area contributed by atoms with Crippen LogP contribution in [0.15, 0.2) is 182 Å². The fourth-order valence-electron chi connectivity index (χ4n) is 12.1. The maximum Gasteiger partial charge on any atom is 0.130 e. The number of ether oxygens (including phenoxy) is 3. The van der Waals surface area contributed by atoms with E-state index in [1.54, 1.807) is 0 Å². The quantitative estimate of drug-likeness (QED) is 0.167. The molecule has 0 amide bonds. The van der Waals surface area contributed by atoms with Gasteiger partial charge in [0.2, 0.25) is 0 Å². The molecule has 0 unspecified atom stereocenters. The molecule has 0 saturated carbocycles. The van der Waals surface area contributed by atoms with E-state index in [-0.39, 0.29) is 17.8 Å². The minimum Gasteiger partial charge on any atom is -0.496 e. The topological polar surface area (TPSA) is 27.7 Å². The summed E-state index contributed by atoms with van der Waals surface area (Å²) in [5, 5.41) is 6.84. The van der Waals surface area contributed by atoms with Gasteiger partial charge in [-0.25, -0.2) is 0 Å². The van der Waals surface area contributed by atoms with Crippen molar-refractivity contribution >= 4 is 32.3 Å². The largest absolute Gasteiger partial charge is 0.496 e. The Balaban J connectivity index is 1.24. The highest BCUT2D eigenvalue weighted by Gasteiger charge is 2.48. The van der Waals surface area contributed by atoms with Crippen LogP contribution in [-0.2, 0) is 0 Å². The molecule has 0 heterocycles. The number of fused-ring (bicyclic) bond motifs is 15. The third-order valence-corrected chi connectivity index (χ3v) is 14.4. The fourth-order valence-corrected chi connectivity index (χ4v) is 12.1. The first-order valence-electron chi connectivity index (χ1n) is 21.9. The molecule has 0 N–H and O–H groups in total. The normalized spacial score (nSPS) is 16.3. The van der Waals surface area contributed by atoms with Crippen LogP contribution in [0.3, 0.4) is 0 Å². The number of hydrogen-bond acceptors (Lipinski definition) is 3. The highest BCUT2D eigenvalue weighted by atomic mass is 16.5. The number of benzene rings is 10. The highest BCUT2D eigenvalue weighted by Crippen LogP contribution is 2.68. The van der Waals surface area contributed by atoms with E-state index in [0.717, 1.165) is 49.6 Å². The molecule has 0 spiro atoms. The Bertz CT molecular complexity index is 3170. The van der Waals surface area contributed by atoms with E-state index >= 15 is 0 Å².